The second-order valence-electron chi connectivity index (χ2n) is 4.51. The highest BCUT2D eigenvalue weighted by molar-refractivity contribution is 9.10. The summed E-state index contributed by atoms with van der Waals surface area (Å²) in [6, 6.07) is 5.54. The Morgan fingerprint density at radius 3 is 2.63 bits per heavy atom. The van der Waals surface area contributed by atoms with Crippen LogP contribution in [0.2, 0.25) is 0 Å². The lowest BCUT2D eigenvalue weighted by Crippen LogP contribution is -2.39. The van der Waals surface area contributed by atoms with Crippen molar-refractivity contribution in [1.29, 1.82) is 0 Å². The topological polar surface area (TPSA) is 63.4 Å². The summed E-state index contributed by atoms with van der Waals surface area (Å²) >= 11 is 3.35. The zero-order valence-electron chi connectivity index (χ0n) is 11.3. The first-order valence-electron chi connectivity index (χ1n) is 6.29. The molecule has 0 aliphatic carbocycles. The van der Waals surface area contributed by atoms with Crippen molar-refractivity contribution in [1.82, 2.24) is 4.90 Å². The Morgan fingerprint density at radius 2 is 2.05 bits per heavy atom. The van der Waals surface area contributed by atoms with Crippen LogP contribution in [-0.4, -0.2) is 29.8 Å². The Bertz CT molecular complexity index is 475. The summed E-state index contributed by atoms with van der Waals surface area (Å²) < 4.78 is 0.843. The van der Waals surface area contributed by atoms with Crippen LogP contribution in [0.25, 0.3) is 0 Å². The van der Waals surface area contributed by atoms with Gasteiger partial charge in [-0.2, -0.15) is 0 Å². The van der Waals surface area contributed by atoms with Gasteiger partial charge in [0.15, 0.2) is 0 Å². The highest BCUT2D eigenvalue weighted by Crippen LogP contribution is 2.18. The van der Waals surface area contributed by atoms with Crippen molar-refractivity contribution >= 4 is 27.7 Å². The van der Waals surface area contributed by atoms with Gasteiger partial charge in [-0.1, -0.05) is 35.3 Å². The van der Waals surface area contributed by atoms with Crippen LogP contribution in [0.1, 0.15) is 35.7 Å². The fraction of sp³-hybridized carbons (Fsp3) is 0.429. The maximum absolute atomic E-state index is 12.5. The molecule has 5 heteroatoms. The predicted molar refractivity (Wildman–Crippen MR) is 78.9 cm³/mol. The van der Waals surface area contributed by atoms with Crippen molar-refractivity contribution in [3.05, 3.63) is 33.8 Å². The van der Waals surface area contributed by atoms with Gasteiger partial charge in [0, 0.05) is 16.6 Å². The van der Waals surface area contributed by atoms with Crippen LogP contribution >= 0.6 is 15.9 Å². The van der Waals surface area contributed by atoms with Gasteiger partial charge in [-0.15, -0.1) is 0 Å². The number of hydrogen-bond donors (Lipinski definition) is 1. The van der Waals surface area contributed by atoms with Crippen LogP contribution in [0.15, 0.2) is 22.7 Å². The molecule has 104 valence electrons. The molecule has 0 radical (unpaired) electrons. The van der Waals surface area contributed by atoms with Crippen molar-refractivity contribution in [3.8, 4) is 0 Å². The first kappa shape index (κ1) is 15.7. The lowest BCUT2D eigenvalue weighted by molar-refractivity contribution is -0.118. The van der Waals surface area contributed by atoms with E-state index in [0.29, 0.717) is 12.1 Å². The number of halogens is 1. The number of unbranched alkanes of at least 4 members (excludes halogenated alkanes) is 1. The molecule has 0 aromatic heterocycles. The Hall–Kier alpha value is -1.36. The molecule has 0 unspecified atom stereocenters. The number of amides is 2. The number of rotatable bonds is 6. The minimum atomic E-state index is -0.489. The Kier molecular flexibility index (Phi) is 6.02. The third-order valence-corrected chi connectivity index (χ3v) is 3.34. The van der Waals surface area contributed by atoms with E-state index in [4.69, 9.17) is 5.73 Å². The van der Waals surface area contributed by atoms with Gasteiger partial charge in [0.05, 0.1) is 6.54 Å². The van der Waals surface area contributed by atoms with Crippen LogP contribution < -0.4 is 5.73 Å². The van der Waals surface area contributed by atoms with E-state index in [9.17, 15) is 9.59 Å². The molecule has 0 aliphatic rings. The van der Waals surface area contributed by atoms with Crippen LogP contribution in [0.3, 0.4) is 0 Å². The van der Waals surface area contributed by atoms with Gasteiger partial charge in [-0.25, -0.2) is 0 Å². The summed E-state index contributed by atoms with van der Waals surface area (Å²) in [5.41, 5.74) is 6.70. The van der Waals surface area contributed by atoms with Crippen molar-refractivity contribution in [2.24, 2.45) is 5.73 Å². The van der Waals surface area contributed by atoms with E-state index in [1.165, 1.54) is 4.90 Å². The minimum absolute atomic E-state index is 0.0369. The molecule has 0 spiro atoms. The Labute approximate surface area is 122 Å². The number of primary amides is 1. The fourth-order valence-electron chi connectivity index (χ4n) is 1.78. The third kappa shape index (κ3) is 4.67. The van der Waals surface area contributed by atoms with E-state index in [-0.39, 0.29) is 12.5 Å². The quantitative estimate of drug-likeness (QED) is 0.872. The first-order chi connectivity index (χ1) is 8.95. The molecule has 0 saturated heterocycles. The van der Waals surface area contributed by atoms with E-state index in [0.717, 1.165) is 22.9 Å². The summed E-state index contributed by atoms with van der Waals surface area (Å²) in [6.45, 7) is 4.42. The zero-order valence-corrected chi connectivity index (χ0v) is 12.9. The highest BCUT2D eigenvalue weighted by Gasteiger charge is 2.19. The molecule has 2 amide bonds. The summed E-state index contributed by atoms with van der Waals surface area (Å²) in [5, 5.41) is 0. The largest absolute Gasteiger partial charge is 0.368 e. The molecular formula is C14H19BrN2O2. The van der Waals surface area contributed by atoms with Crippen LogP contribution in [0, 0.1) is 6.92 Å². The molecule has 19 heavy (non-hydrogen) atoms. The van der Waals surface area contributed by atoms with E-state index in [1.807, 2.05) is 26.0 Å². The van der Waals surface area contributed by atoms with Gasteiger partial charge >= 0.3 is 0 Å². The number of carbonyl (C=O) groups is 2. The Morgan fingerprint density at radius 1 is 1.37 bits per heavy atom. The molecule has 1 aromatic rings. The number of nitrogens with zero attached hydrogens (tertiary/aromatic N) is 1. The minimum Gasteiger partial charge on any atom is -0.368 e. The maximum Gasteiger partial charge on any atom is 0.254 e. The summed E-state index contributed by atoms with van der Waals surface area (Å²) in [6.07, 6.45) is 1.81. The average molecular weight is 327 g/mol. The van der Waals surface area contributed by atoms with Gasteiger partial charge in [0.25, 0.3) is 5.91 Å². The molecule has 0 fully saturated rings. The second-order valence-corrected chi connectivity index (χ2v) is 5.42. The van der Waals surface area contributed by atoms with Crippen LogP contribution in [0.4, 0.5) is 0 Å². The van der Waals surface area contributed by atoms with Gasteiger partial charge in [-0.05, 0) is 31.0 Å². The van der Waals surface area contributed by atoms with Crippen LogP contribution in [0.5, 0.6) is 0 Å². The van der Waals surface area contributed by atoms with E-state index in [2.05, 4.69) is 15.9 Å². The smallest absolute Gasteiger partial charge is 0.254 e. The molecule has 1 rings (SSSR count). The third-order valence-electron chi connectivity index (χ3n) is 2.85. The summed E-state index contributed by atoms with van der Waals surface area (Å²) in [4.78, 5) is 25.1. The molecule has 4 nitrogen and oxygen atoms in total. The number of benzene rings is 1. The van der Waals surface area contributed by atoms with Crippen molar-refractivity contribution in [2.45, 2.75) is 26.7 Å². The molecule has 0 bridgehead atoms. The lowest BCUT2D eigenvalue weighted by Gasteiger charge is -2.22. The van der Waals surface area contributed by atoms with Gasteiger partial charge < -0.3 is 10.6 Å². The zero-order chi connectivity index (χ0) is 14.4. The standard InChI is InChI=1S/C14H19BrN2O2/c1-3-4-7-17(9-13(16)18)14(19)12-8-11(15)6-5-10(12)2/h5-6,8H,3-4,7,9H2,1-2H3,(H2,16,18). The second kappa shape index (κ2) is 7.28. The molecule has 1 aromatic carbocycles. The first-order valence-corrected chi connectivity index (χ1v) is 7.08. The number of hydrogen-bond acceptors (Lipinski definition) is 2. The molecular weight excluding hydrogens is 308 g/mol. The predicted octanol–water partition coefficient (Wildman–Crippen LogP) is 2.49. The molecule has 2 N–H and O–H groups in total. The lowest BCUT2D eigenvalue weighted by atomic mass is 10.1. The molecule has 0 atom stereocenters. The summed E-state index contributed by atoms with van der Waals surface area (Å²) in [5.74, 6) is -0.636. The fourth-order valence-corrected chi connectivity index (χ4v) is 2.15. The average Bonchev–Trinajstić information content (AvgIpc) is 2.36. The number of aryl methyl sites for hydroxylation is 1. The molecule has 0 heterocycles. The van der Waals surface area contributed by atoms with E-state index in [1.54, 1.807) is 6.07 Å². The molecule has 0 saturated carbocycles. The van der Waals surface area contributed by atoms with Gasteiger partial charge in [0.2, 0.25) is 5.91 Å². The van der Waals surface area contributed by atoms with Gasteiger partial charge in [-0.3, -0.25) is 9.59 Å². The van der Waals surface area contributed by atoms with E-state index < -0.39 is 5.91 Å². The van der Waals surface area contributed by atoms with Crippen molar-refractivity contribution in [2.75, 3.05) is 13.1 Å². The number of nitrogens with two attached hydrogens (primary N) is 1. The maximum atomic E-state index is 12.5. The Balaban J connectivity index is 2.97. The van der Waals surface area contributed by atoms with E-state index >= 15 is 0 Å². The normalized spacial score (nSPS) is 10.3. The molecule has 0 aliphatic heterocycles. The number of carbonyl (C=O) groups excluding carboxylic acids is 2. The monoisotopic (exact) mass is 326 g/mol. The van der Waals surface area contributed by atoms with Crippen molar-refractivity contribution in [3.63, 3.8) is 0 Å². The van der Waals surface area contributed by atoms with Crippen molar-refractivity contribution < 1.29 is 9.59 Å². The van der Waals surface area contributed by atoms with Gasteiger partial charge in [0.1, 0.15) is 0 Å². The van der Waals surface area contributed by atoms with Crippen LogP contribution in [-0.2, 0) is 4.79 Å². The highest BCUT2D eigenvalue weighted by atomic mass is 79.9. The SMILES string of the molecule is CCCCN(CC(N)=O)C(=O)c1cc(Br)ccc1C. The summed E-state index contributed by atoms with van der Waals surface area (Å²) in [7, 11) is 0.